The summed E-state index contributed by atoms with van der Waals surface area (Å²) in [5, 5.41) is 10.7. The number of aliphatic carboxylic acids is 1. The highest BCUT2D eigenvalue weighted by atomic mass is 16.4. The lowest BCUT2D eigenvalue weighted by molar-refractivity contribution is -0.138. The molecule has 1 rings (SSSR count). The van der Waals surface area contributed by atoms with Crippen molar-refractivity contribution < 1.29 is 24.3 Å². The smallest absolute Gasteiger partial charge is 0.320 e. The summed E-state index contributed by atoms with van der Waals surface area (Å²) >= 11 is 0. The molecular weight excluding hydrogens is 254 g/mol. The van der Waals surface area contributed by atoms with Crippen LogP contribution >= 0.6 is 0 Å². The SMILES string of the molecule is CC1C(=O)NC(=O)CN1C(=O)N(C)CCCC(=O)O. The van der Waals surface area contributed by atoms with Crippen LogP contribution in [-0.4, -0.2) is 64.9 Å². The van der Waals surface area contributed by atoms with Crippen molar-refractivity contribution in [2.24, 2.45) is 0 Å². The number of carbonyl (C=O) groups is 4. The first-order valence-corrected chi connectivity index (χ1v) is 5.90. The standard InChI is InChI=1S/C11H17N3O5/c1-7-10(18)12-8(15)6-14(7)11(19)13(2)5-3-4-9(16)17/h7H,3-6H2,1-2H3,(H,16,17)(H,12,15,18). The average Bonchev–Trinajstić information content (AvgIpc) is 2.32. The molecule has 0 saturated carbocycles. The third-order valence-corrected chi connectivity index (χ3v) is 2.88. The van der Waals surface area contributed by atoms with E-state index in [1.807, 2.05) is 0 Å². The molecule has 2 N–H and O–H groups in total. The van der Waals surface area contributed by atoms with Gasteiger partial charge in [-0.3, -0.25) is 19.7 Å². The van der Waals surface area contributed by atoms with Gasteiger partial charge in [-0.25, -0.2) is 4.79 Å². The Labute approximate surface area is 110 Å². The van der Waals surface area contributed by atoms with E-state index in [2.05, 4.69) is 5.32 Å². The minimum atomic E-state index is -0.929. The van der Waals surface area contributed by atoms with Gasteiger partial charge >= 0.3 is 12.0 Å². The van der Waals surface area contributed by atoms with Crippen LogP contribution in [-0.2, 0) is 14.4 Å². The highest BCUT2D eigenvalue weighted by Gasteiger charge is 2.34. The van der Waals surface area contributed by atoms with Gasteiger partial charge in [-0.2, -0.15) is 0 Å². The third kappa shape index (κ3) is 3.94. The van der Waals surface area contributed by atoms with Crippen LogP contribution < -0.4 is 5.32 Å². The van der Waals surface area contributed by atoms with E-state index in [4.69, 9.17) is 5.11 Å². The highest BCUT2D eigenvalue weighted by molar-refractivity contribution is 6.03. The van der Waals surface area contributed by atoms with Crippen LogP contribution in [0.15, 0.2) is 0 Å². The normalized spacial score (nSPS) is 19.1. The fourth-order valence-corrected chi connectivity index (χ4v) is 1.73. The lowest BCUT2D eigenvalue weighted by atomic mass is 10.2. The first kappa shape index (κ1) is 14.9. The van der Waals surface area contributed by atoms with E-state index in [9.17, 15) is 19.2 Å². The van der Waals surface area contributed by atoms with E-state index in [1.54, 1.807) is 0 Å². The summed E-state index contributed by atoms with van der Waals surface area (Å²) in [6.45, 7) is 1.62. The number of urea groups is 1. The van der Waals surface area contributed by atoms with Crippen molar-refractivity contribution in [2.45, 2.75) is 25.8 Å². The molecule has 0 bridgehead atoms. The van der Waals surface area contributed by atoms with Crippen molar-refractivity contribution in [3.05, 3.63) is 0 Å². The molecule has 4 amide bonds. The van der Waals surface area contributed by atoms with E-state index in [-0.39, 0.29) is 19.5 Å². The van der Waals surface area contributed by atoms with Crippen molar-refractivity contribution in [3.63, 3.8) is 0 Å². The first-order chi connectivity index (χ1) is 8.82. The van der Waals surface area contributed by atoms with Crippen molar-refractivity contribution in [1.29, 1.82) is 0 Å². The van der Waals surface area contributed by atoms with Gasteiger partial charge in [0.05, 0.1) is 0 Å². The van der Waals surface area contributed by atoms with Crippen LogP contribution in [0.1, 0.15) is 19.8 Å². The van der Waals surface area contributed by atoms with Gasteiger partial charge in [-0.05, 0) is 13.3 Å². The molecule has 1 aliphatic rings. The number of hydrogen-bond donors (Lipinski definition) is 2. The predicted octanol–water partition coefficient (Wildman–Crippen LogP) is -0.750. The summed E-state index contributed by atoms with van der Waals surface area (Å²) in [6.07, 6.45) is 0.284. The molecule has 106 valence electrons. The Kier molecular flexibility index (Phi) is 4.85. The summed E-state index contributed by atoms with van der Waals surface area (Å²) in [6, 6.07) is -1.17. The van der Waals surface area contributed by atoms with E-state index < -0.39 is 29.9 Å². The largest absolute Gasteiger partial charge is 0.481 e. The number of carbonyl (C=O) groups excluding carboxylic acids is 3. The number of nitrogens with one attached hydrogen (secondary N) is 1. The van der Waals surface area contributed by atoms with Gasteiger partial charge < -0.3 is 14.9 Å². The fraction of sp³-hybridized carbons (Fsp3) is 0.636. The maximum atomic E-state index is 12.0. The topological polar surface area (TPSA) is 107 Å². The van der Waals surface area contributed by atoms with E-state index in [1.165, 1.54) is 23.8 Å². The maximum Gasteiger partial charge on any atom is 0.320 e. The van der Waals surface area contributed by atoms with Crippen LogP contribution in [0.3, 0.4) is 0 Å². The fourth-order valence-electron chi connectivity index (χ4n) is 1.73. The number of carboxylic acid groups (broad SMARTS) is 1. The molecule has 0 aromatic rings. The van der Waals surface area contributed by atoms with E-state index >= 15 is 0 Å². The predicted molar refractivity (Wildman–Crippen MR) is 64.2 cm³/mol. The number of piperazine rings is 1. The van der Waals surface area contributed by atoms with Gasteiger partial charge in [0.2, 0.25) is 11.8 Å². The van der Waals surface area contributed by atoms with Crippen molar-refractivity contribution >= 4 is 23.8 Å². The van der Waals surface area contributed by atoms with Crippen LogP contribution in [0.2, 0.25) is 0 Å². The zero-order valence-electron chi connectivity index (χ0n) is 10.9. The summed E-state index contributed by atoms with van der Waals surface area (Å²) in [7, 11) is 1.51. The second-order valence-electron chi connectivity index (χ2n) is 4.42. The van der Waals surface area contributed by atoms with Gasteiger partial charge in [0.1, 0.15) is 12.6 Å². The number of carboxylic acids is 1. The highest BCUT2D eigenvalue weighted by Crippen LogP contribution is 2.08. The maximum absolute atomic E-state index is 12.0. The van der Waals surface area contributed by atoms with Gasteiger partial charge in [0, 0.05) is 20.0 Å². The molecule has 1 fully saturated rings. The van der Waals surface area contributed by atoms with E-state index in [0.717, 1.165) is 0 Å². The Hall–Kier alpha value is -2.12. The number of imide groups is 1. The Morgan fingerprint density at radius 2 is 2.11 bits per heavy atom. The summed E-state index contributed by atoms with van der Waals surface area (Å²) in [5.74, 6) is -1.96. The quantitative estimate of drug-likeness (QED) is 0.654. The molecule has 0 aromatic carbocycles. The molecule has 8 nitrogen and oxygen atoms in total. The first-order valence-electron chi connectivity index (χ1n) is 5.90. The molecule has 8 heteroatoms. The lowest BCUT2D eigenvalue weighted by Gasteiger charge is -2.34. The van der Waals surface area contributed by atoms with Gasteiger partial charge in [0.15, 0.2) is 0 Å². The van der Waals surface area contributed by atoms with Crippen LogP contribution in [0.4, 0.5) is 4.79 Å². The monoisotopic (exact) mass is 271 g/mol. The van der Waals surface area contributed by atoms with Gasteiger partial charge in [-0.15, -0.1) is 0 Å². The minimum absolute atomic E-state index is 0.0351. The van der Waals surface area contributed by atoms with Crippen molar-refractivity contribution in [2.75, 3.05) is 20.1 Å². The molecule has 1 saturated heterocycles. The van der Waals surface area contributed by atoms with Crippen molar-refractivity contribution in [3.8, 4) is 0 Å². The molecular formula is C11H17N3O5. The number of nitrogens with zero attached hydrogens (tertiary/aromatic N) is 2. The molecule has 19 heavy (non-hydrogen) atoms. The van der Waals surface area contributed by atoms with E-state index in [0.29, 0.717) is 6.42 Å². The number of rotatable bonds is 4. The number of hydrogen-bond acceptors (Lipinski definition) is 4. The summed E-state index contributed by atoms with van der Waals surface area (Å²) in [5.41, 5.74) is 0. The zero-order chi connectivity index (χ0) is 14.6. The van der Waals surface area contributed by atoms with Crippen molar-refractivity contribution in [1.82, 2.24) is 15.1 Å². The van der Waals surface area contributed by atoms with Crippen LogP contribution in [0, 0.1) is 0 Å². The van der Waals surface area contributed by atoms with Gasteiger partial charge in [0.25, 0.3) is 0 Å². The molecule has 0 spiro atoms. The number of amides is 4. The Bertz CT molecular complexity index is 409. The Balaban J connectivity index is 2.57. The summed E-state index contributed by atoms with van der Waals surface area (Å²) in [4.78, 5) is 47.6. The average molecular weight is 271 g/mol. The molecule has 1 heterocycles. The minimum Gasteiger partial charge on any atom is -0.481 e. The molecule has 0 aliphatic carbocycles. The van der Waals surface area contributed by atoms with Crippen LogP contribution in [0.5, 0.6) is 0 Å². The molecule has 0 aromatic heterocycles. The third-order valence-electron chi connectivity index (χ3n) is 2.88. The lowest BCUT2D eigenvalue weighted by Crippen LogP contribution is -2.60. The van der Waals surface area contributed by atoms with Gasteiger partial charge in [-0.1, -0.05) is 0 Å². The second-order valence-corrected chi connectivity index (χ2v) is 4.42. The zero-order valence-corrected chi connectivity index (χ0v) is 10.9. The molecule has 1 atom stereocenters. The Morgan fingerprint density at radius 3 is 2.68 bits per heavy atom. The van der Waals surface area contributed by atoms with Crippen LogP contribution in [0.25, 0.3) is 0 Å². The molecule has 0 radical (unpaired) electrons. The summed E-state index contributed by atoms with van der Waals surface area (Å²) < 4.78 is 0. The molecule has 1 aliphatic heterocycles. The molecule has 1 unspecified atom stereocenters. The second kappa shape index (κ2) is 6.17. The Morgan fingerprint density at radius 1 is 1.47 bits per heavy atom.